The van der Waals surface area contributed by atoms with Gasteiger partial charge in [0, 0.05) is 6.04 Å². The molecule has 8 heteroatoms. The Bertz CT molecular complexity index is 594. The van der Waals surface area contributed by atoms with Gasteiger partial charge in [-0.1, -0.05) is 31.7 Å². The van der Waals surface area contributed by atoms with Gasteiger partial charge in [0.2, 0.25) is 11.1 Å². The molecule has 21 heavy (non-hydrogen) atoms. The minimum Gasteiger partial charge on any atom is -0.353 e. The van der Waals surface area contributed by atoms with Crippen LogP contribution in [0.2, 0.25) is 0 Å². The Kier molecular flexibility index (Phi) is 5.24. The van der Waals surface area contributed by atoms with Crippen LogP contribution in [0.5, 0.6) is 0 Å². The highest BCUT2D eigenvalue weighted by molar-refractivity contribution is 7.99. The molecule has 2 rings (SSSR count). The van der Waals surface area contributed by atoms with Crippen molar-refractivity contribution >= 4 is 29.0 Å². The number of carbonyl (C=O) groups is 1. The smallest absolute Gasteiger partial charge is 0.230 e. The van der Waals surface area contributed by atoms with Crippen LogP contribution >= 0.6 is 23.1 Å². The van der Waals surface area contributed by atoms with Crippen molar-refractivity contribution in [3.05, 3.63) is 17.5 Å². The predicted molar refractivity (Wildman–Crippen MR) is 86.7 cm³/mol. The quantitative estimate of drug-likeness (QED) is 0.626. The maximum atomic E-state index is 11.8. The van der Waals surface area contributed by atoms with E-state index in [1.54, 1.807) is 11.3 Å². The fraction of sp³-hybridized carbons (Fsp3) is 0.462. The van der Waals surface area contributed by atoms with Crippen molar-refractivity contribution < 1.29 is 4.79 Å². The van der Waals surface area contributed by atoms with Gasteiger partial charge >= 0.3 is 0 Å². The highest BCUT2D eigenvalue weighted by Gasteiger charge is 2.15. The normalized spacial score (nSPS) is 12.6. The monoisotopic (exact) mass is 325 g/mol. The second kappa shape index (κ2) is 6.95. The van der Waals surface area contributed by atoms with Gasteiger partial charge in [-0.3, -0.25) is 4.79 Å². The highest BCUT2D eigenvalue weighted by atomic mass is 32.2. The van der Waals surface area contributed by atoms with Gasteiger partial charge in [-0.2, -0.15) is 0 Å². The number of thioether (sulfide) groups is 1. The van der Waals surface area contributed by atoms with Gasteiger partial charge < -0.3 is 11.2 Å². The summed E-state index contributed by atoms with van der Waals surface area (Å²) in [5, 5.41) is 13.5. The highest BCUT2D eigenvalue weighted by Crippen LogP contribution is 2.24. The number of amides is 1. The second-order valence-corrected chi connectivity index (χ2v) is 6.93. The van der Waals surface area contributed by atoms with E-state index < -0.39 is 0 Å². The third-order valence-corrected chi connectivity index (χ3v) is 4.94. The number of hydrogen-bond donors (Lipinski definition) is 2. The third kappa shape index (κ3) is 3.98. The number of hydrogen-bond acceptors (Lipinski definition) is 6. The molecule has 0 spiro atoms. The van der Waals surface area contributed by atoms with Gasteiger partial charge in [-0.05, 0) is 24.3 Å². The van der Waals surface area contributed by atoms with E-state index in [1.807, 2.05) is 24.4 Å². The van der Waals surface area contributed by atoms with Crippen molar-refractivity contribution in [2.24, 2.45) is 5.92 Å². The van der Waals surface area contributed by atoms with Crippen LogP contribution in [-0.2, 0) is 4.79 Å². The van der Waals surface area contributed by atoms with Crippen LogP contribution in [0.3, 0.4) is 0 Å². The molecule has 2 heterocycles. The van der Waals surface area contributed by atoms with E-state index in [2.05, 4.69) is 29.4 Å². The lowest BCUT2D eigenvalue weighted by Gasteiger charge is -2.16. The average Bonchev–Trinajstić information content (AvgIpc) is 3.05. The molecule has 0 saturated carbocycles. The molecule has 0 aliphatic carbocycles. The molecule has 2 aromatic heterocycles. The Morgan fingerprint density at radius 1 is 1.48 bits per heavy atom. The number of nitrogens with one attached hydrogen (secondary N) is 1. The first kappa shape index (κ1) is 15.8. The van der Waals surface area contributed by atoms with Gasteiger partial charge in [-0.15, -0.1) is 21.5 Å². The van der Waals surface area contributed by atoms with Gasteiger partial charge in [-0.25, -0.2) is 4.68 Å². The molecule has 0 radical (unpaired) electrons. The number of aromatic nitrogens is 3. The first-order valence-electron chi connectivity index (χ1n) is 6.65. The first-order valence-corrected chi connectivity index (χ1v) is 8.52. The summed E-state index contributed by atoms with van der Waals surface area (Å²) >= 11 is 2.83. The van der Waals surface area contributed by atoms with Crippen molar-refractivity contribution in [3.8, 4) is 10.7 Å². The van der Waals surface area contributed by atoms with Gasteiger partial charge in [0.15, 0.2) is 5.82 Å². The molecule has 0 saturated heterocycles. The summed E-state index contributed by atoms with van der Waals surface area (Å²) in [6, 6.07) is 4.02. The molecule has 1 amide bonds. The van der Waals surface area contributed by atoms with Gasteiger partial charge in [0.25, 0.3) is 0 Å². The van der Waals surface area contributed by atoms with Crippen molar-refractivity contribution in [2.45, 2.75) is 32.0 Å². The lowest BCUT2D eigenvalue weighted by molar-refractivity contribution is -0.119. The zero-order valence-corrected chi connectivity index (χ0v) is 13.9. The van der Waals surface area contributed by atoms with Crippen LogP contribution in [0.1, 0.15) is 20.8 Å². The molecule has 0 aliphatic rings. The summed E-state index contributed by atoms with van der Waals surface area (Å²) < 4.78 is 1.43. The summed E-state index contributed by atoms with van der Waals surface area (Å²) in [6.45, 7) is 6.14. The van der Waals surface area contributed by atoms with Crippen LogP contribution in [-0.4, -0.2) is 32.6 Å². The summed E-state index contributed by atoms with van der Waals surface area (Å²) in [5.41, 5.74) is 0. The van der Waals surface area contributed by atoms with Crippen molar-refractivity contribution in [1.29, 1.82) is 0 Å². The maximum absolute atomic E-state index is 11.8. The van der Waals surface area contributed by atoms with E-state index in [0.29, 0.717) is 16.9 Å². The summed E-state index contributed by atoms with van der Waals surface area (Å²) in [6.07, 6.45) is 0. The Labute approximate surface area is 132 Å². The lowest BCUT2D eigenvalue weighted by atomic mass is 10.1. The fourth-order valence-electron chi connectivity index (χ4n) is 1.54. The van der Waals surface area contributed by atoms with Crippen LogP contribution < -0.4 is 11.2 Å². The molecular formula is C13H19N5OS2. The Hall–Kier alpha value is -1.54. The Morgan fingerprint density at radius 3 is 2.86 bits per heavy atom. The first-order chi connectivity index (χ1) is 9.99. The molecular weight excluding hydrogens is 306 g/mol. The van der Waals surface area contributed by atoms with Crippen molar-refractivity contribution in [1.82, 2.24) is 20.2 Å². The Balaban J connectivity index is 1.94. The Morgan fingerprint density at radius 2 is 2.24 bits per heavy atom. The molecule has 0 aliphatic heterocycles. The van der Waals surface area contributed by atoms with Crippen LogP contribution in [0.15, 0.2) is 22.7 Å². The van der Waals surface area contributed by atoms with E-state index in [4.69, 9.17) is 5.84 Å². The number of carbonyl (C=O) groups excluding carboxylic acids is 1. The standard InChI is InChI=1S/C13H19N5OS2/c1-8(2)9(3)15-11(19)7-21-13-17-16-12(18(13)14)10-5-4-6-20-10/h4-6,8-9H,7,14H2,1-3H3,(H,15,19). The number of nitrogen functional groups attached to an aromatic ring is 1. The SMILES string of the molecule is CC(C)C(C)NC(=O)CSc1nnc(-c2cccs2)n1N. The van der Waals surface area contributed by atoms with Crippen LogP contribution in [0.25, 0.3) is 10.7 Å². The summed E-state index contributed by atoms with van der Waals surface area (Å²) in [7, 11) is 0. The summed E-state index contributed by atoms with van der Waals surface area (Å²) in [4.78, 5) is 12.8. The number of nitrogens with two attached hydrogens (primary N) is 1. The number of nitrogens with zero attached hydrogens (tertiary/aromatic N) is 3. The minimum atomic E-state index is -0.0260. The second-order valence-electron chi connectivity index (χ2n) is 5.04. The van der Waals surface area contributed by atoms with E-state index in [-0.39, 0.29) is 17.7 Å². The van der Waals surface area contributed by atoms with E-state index in [9.17, 15) is 4.79 Å². The molecule has 6 nitrogen and oxygen atoms in total. The van der Waals surface area contributed by atoms with Gasteiger partial charge in [0.05, 0.1) is 10.6 Å². The van der Waals surface area contributed by atoms with Crippen molar-refractivity contribution in [2.75, 3.05) is 11.6 Å². The molecule has 0 aromatic carbocycles. The van der Waals surface area contributed by atoms with Crippen molar-refractivity contribution in [3.63, 3.8) is 0 Å². The average molecular weight is 325 g/mol. The largest absolute Gasteiger partial charge is 0.353 e. The molecule has 114 valence electrons. The molecule has 0 bridgehead atoms. The van der Waals surface area contributed by atoms with E-state index in [0.717, 1.165) is 4.88 Å². The maximum Gasteiger partial charge on any atom is 0.230 e. The predicted octanol–water partition coefficient (Wildman–Crippen LogP) is 1.97. The zero-order chi connectivity index (χ0) is 15.4. The third-order valence-electron chi connectivity index (χ3n) is 3.13. The topological polar surface area (TPSA) is 85.8 Å². The number of rotatable bonds is 6. The van der Waals surface area contributed by atoms with E-state index >= 15 is 0 Å². The van der Waals surface area contributed by atoms with E-state index in [1.165, 1.54) is 16.4 Å². The molecule has 0 fully saturated rings. The van der Waals surface area contributed by atoms with Gasteiger partial charge in [0.1, 0.15) is 0 Å². The zero-order valence-electron chi connectivity index (χ0n) is 12.2. The minimum absolute atomic E-state index is 0.0260. The molecule has 1 atom stereocenters. The molecule has 2 aromatic rings. The van der Waals surface area contributed by atoms with Crippen LogP contribution in [0, 0.1) is 5.92 Å². The number of thiophene rings is 1. The fourth-order valence-corrected chi connectivity index (χ4v) is 2.91. The summed E-state index contributed by atoms with van der Waals surface area (Å²) in [5.74, 6) is 7.24. The lowest BCUT2D eigenvalue weighted by Crippen LogP contribution is -2.37. The van der Waals surface area contributed by atoms with Crippen LogP contribution in [0.4, 0.5) is 0 Å². The molecule has 3 N–H and O–H groups in total. The molecule has 1 unspecified atom stereocenters.